The monoisotopic (exact) mass is 274 g/mol. The Kier molecular flexibility index (Phi) is 4.11. The van der Waals surface area contributed by atoms with E-state index in [0.717, 1.165) is 19.6 Å². The van der Waals surface area contributed by atoms with E-state index in [1.807, 2.05) is 0 Å². The van der Waals surface area contributed by atoms with Gasteiger partial charge in [0, 0.05) is 43.7 Å². The van der Waals surface area contributed by atoms with E-state index in [1.165, 1.54) is 24.8 Å². The third-order valence-electron chi connectivity index (χ3n) is 4.99. The summed E-state index contributed by atoms with van der Waals surface area (Å²) < 4.78 is 0. The van der Waals surface area contributed by atoms with Gasteiger partial charge in [-0.15, -0.1) is 0 Å². The van der Waals surface area contributed by atoms with Crippen LogP contribution in [0.3, 0.4) is 0 Å². The molecule has 1 heterocycles. The third kappa shape index (κ3) is 3.22. The minimum Gasteiger partial charge on any atom is -0.396 e. The average molecular weight is 274 g/mol. The van der Waals surface area contributed by atoms with Crippen LogP contribution >= 0.6 is 0 Å². The van der Waals surface area contributed by atoms with Crippen LogP contribution in [0.2, 0.25) is 0 Å². The normalized spacial score (nSPS) is 28.7. The first-order valence-electron chi connectivity index (χ1n) is 7.83. The van der Waals surface area contributed by atoms with Crippen molar-refractivity contribution in [2.24, 2.45) is 5.41 Å². The maximum atomic E-state index is 9.38. The largest absolute Gasteiger partial charge is 0.396 e. The van der Waals surface area contributed by atoms with Gasteiger partial charge in [-0.1, -0.05) is 30.3 Å². The van der Waals surface area contributed by atoms with Crippen LogP contribution in [0.1, 0.15) is 31.7 Å². The van der Waals surface area contributed by atoms with E-state index in [9.17, 15) is 5.11 Å². The molecule has 2 N–H and O–H groups in total. The zero-order chi connectivity index (χ0) is 14.0. The van der Waals surface area contributed by atoms with Crippen molar-refractivity contribution in [2.75, 3.05) is 19.7 Å². The standard InChI is InChI=1S/C17H26N2O/c1-14-9-16(18-12-17(13-20)7-8-17)11-19(14)10-15-5-3-2-4-6-15/h2-6,14,16,18,20H,7-13H2,1H3. The molecule has 2 fully saturated rings. The van der Waals surface area contributed by atoms with Gasteiger partial charge in [-0.3, -0.25) is 4.90 Å². The Morgan fingerprint density at radius 3 is 2.70 bits per heavy atom. The van der Waals surface area contributed by atoms with E-state index in [1.54, 1.807) is 0 Å². The SMILES string of the molecule is CC1CC(NCC2(CO)CC2)CN1Cc1ccccc1. The van der Waals surface area contributed by atoms with E-state index in [4.69, 9.17) is 0 Å². The first kappa shape index (κ1) is 14.1. The van der Waals surface area contributed by atoms with Gasteiger partial charge in [-0.2, -0.15) is 0 Å². The second kappa shape index (κ2) is 5.84. The van der Waals surface area contributed by atoms with Crippen molar-refractivity contribution in [1.82, 2.24) is 10.2 Å². The lowest BCUT2D eigenvalue weighted by molar-refractivity contribution is 0.203. The Balaban J connectivity index is 1.49. The predicted octanol–water partition coefficient (Wildman–Crippen LogP) is 2.01. The van der Waals surface area contributed by atoms with Gasteiger partial charge in [0.05, 0.1) is 0 Å². The fourth-order valence-electron chi connectivity index (χ4n) is 3.21. The lowest BCUT2D eigenvalue weighted by Gasteiger charge is -2.21. The smallest absolute Gasteiger partial charge is 0.0499 e. The maximum absolute atomic E-state index is 9.38. The van der Waals surface area contributed by atoms with Gasteiger partial charge in [-0.25, -0.2) is 0 Å². The van der Waals surface area contributed by atoms with Crippen LogP contribution in [0.15, 0.2) is 30.3 Å². The van der Waals surface area contributed by atoms with Crippen LogP contribution in [0.25, 0.3) is 0 Å². The Hall–Kier alpha value is -0.900. The number of nitrogens with zero attached hydrogens (tertiary/aromatic N) is 1. The quantitative estimate of drug-likeness (QED) is 0.833. The van der Waals surface area contributed by atoms with E-state index in [0.29, 0.717) is 18.7 Å². The molecule has 110 valence electrons. The van der Waals surface area contributed by atoms with Gasteiger partial charge in [0.2, 0.25) is 0 Å². The van der Waals surface area contributed by atoms with Crippen molar-refractivity contribution >= 4 is 0 Å². The van der Waals surface area contributed by atoms with Gasteiger partial charge < -0.3 is 10.4 Å². The second-order valence-corrected chi connectivity index (χ2v) is 6.74. The molecule has 3 nitrogen and oxygen atoms in total. The molecule has 20 heavy (non-hydrogen) atoms. The average Bonchev–Trinajstić information content (AvgIpc) is 3.18. The van der Waals surface area contributed by atoms with E-state index < -0.39 is 0 Å². The molecule has 1 aliphatic carbocycles. The summed E-state index contributed by atoms with van der Waals surface area (Å²) in [5, 5.41) is 13.1. The summed E-state index contributed by atoms with van der Waals surface area (Å²) in [6.07, 6.45) is 3.59. The lowest BCUT2D eigenvalue weighted by atomic mass is 10.1. The van der Waals surface area contributed by atoms with Crippen molar-refractivity contribution in [3.63, 3.8) is 0 Å². The molecule has 3 rings (SSSR count). The number of likely N-dealkylation sites (tertiary alicyclic amines) is 1. The molecule has 3 heteroatoms. The molecule has 0 bridgehead atoms. The fraction of sp³-hybridized carbons (Fsp3) is 0.647. The zero-order valence-electron chi connectivity index (χ0n) is 12.4. The van der Waals surface area contributed by atoms with Crippen molar-refractivity contribution < 1.29 is 5.11 Å². The first-order valence-corrected chi connectivity index (χ1v) is 7.83. The van der Waals surface area contributed by atoms with E-state index >= 15 is 0 Å². The number of benzene rings is 1. The molecule has 2 unspecified atom stereocenters. The van der Waals surface area contributed by atoms with Gasteiger partial charge >= 0.3 is 0 Å². The molecule has 1 saturated carbocycles. The summed E-state index contributed by atoms with van der Waals surface area (Å²) in [4.78, 5) is 2.56. The zero-order valence-corrected chi connectivity index (χ0v) is 12.4. The summed E-state index contributed by atoms with van der Waals surface area (Å²) in [6.45, 7) is 5.82. The van der Waals surface area contributed by atoms with Crippen molar-refractivity contribution in [3.8, 4) is 0 Å². The molecular weight excluding hydrogens is 248 g/mol. The summed E-state index contributed by atoms with van der Waals surface area (Å²) in [5.74, 6) is 0. The molecule has 1 saturated heterocycles. The molecule has 2 aliphatic rings. The minimum atomic E-state index is 0.218. The van der Waals surface area contributed by atoms with Gasteiger partial charge in [0.25, 0.3) is 0 Å². The number of rotatable bonds is 6. The number of aliphatic hydroxyl groups is 1. The van der Waals surface area contributed by atoms with Gasteiger partial charge in [0.15, 0.2) is 0 Å². The molecule has 0 spiro atoms. The highest BCUT2D eigenvalue weighted by atomic mass is 16.3. The summed E-state index contributed by atoms with van der Waals surface area (Å²) >= 11 is 0. The van der Waals surface area contributed by atoms with Gasteiger partial charge in [-0.05, 0) is 31.7 Å². The summed E-state index contributed by atoms with van der Waals surface area (Å²) in [6, 6.07) is 11.9. The minimum absolute atomic E-state index is 0.218. The molecule has 2 atom stereocenters. The Morgan fingerprint density at radius 1 is 1.30 bits per heavy atom. The van der Waals surface area contributed by atoms with Crippen LogP contribution in [-0.4, -0.2) is 41.8 Å². The Labute approximate surface area is 122 Å². The molecule has 1 aliphatic heterocycles. The fourth-order valence-corrected chi connectivity index (χ4v) is 3.21. The summed E-state index contributed by atoms with van der Waals surface area (Å²) in [7, 11) is 0. The highest BCUT2D eigenvalue weighted by Crippen LogP contribution is 2.44. The molecular formula is C17H26N2O. The molecule has 1 aromatic rings. The van der Waals surface area contributed by atoms with Gasteiger partial charge in [0.1, 0.15) is 0 Å². The van der Waals surface area contributed by atoms with Crippen molar-refractivity contribution in [3.05, 3.63) is 35.9 Å². The lowest BCUT2D eigenvalue weighted by Crippen LogP contribution is -2.37. The molecule has 0 radical (unpaired) electrons. The van der Waals surface area contributed by atoms with Crippen molar-refractivity contribution in [2.45, 2.75) is 44.8 Å². The first-order chi connectivity index (χ1) is 9.71. The van der Waals surface area contributed by atoms with Crippen LogP contribution in [-0.2, 0) is 6.54 Å². The molecule has 0 aromatic heterocycles. The summed E-state index contributed by atoms with van der Waals surface area (Å²) in [5.41, 5.74) is 1.62. The topological polar surface area (TPSA) is 35.5 Å². The van der Waals surface area contributed by atoms with Crippen LogP contribution in [0, 0.1) is 5.41 Å². The Morgan fingerprint density at radius 2 is 2.05 bits per heavy atom. The number of nitrogens with one attached hydrogen (secondary N) is 1. The van der Waals surface area contributed by atoms with Crippen molar-refractivity contribution in [1.29, 1.82) is 0 Å². The van der Waals surface area contributed by atoms with Crippen LogP contribution in [0.4, 0.5) is 0 Å². The maximum Gasteiger partial charge on any atom is 0.0499 e. The van der Waals surface area contributed by atoms with Crippen LogP contribution in [0.5, 0.6) is 0 Å². The number of aliphatic hydroxyl groups excluding tert-OH is 1. The Bertz CT molecular complexity index is 430. The number of hydrogen-bond acceptors (Lipinski definition) is 3. The highest BCUT2D eigenvalue weighted by molar-refractivity contribution is 5.15. The van der Waals surface area contributed by atoms with E-state index in [2.05, 4.69) is 47.5 Å². The number of hydrogen-bond donors (Lipinski definition) is 2. The second-order valence-electron chi connectivity index (χ2n) is 6.74. The molecule has 0 amide bonds. The third-order valence-corrected chi connectivity index (χ3v) is 4.99. The highest BCUT2D eigenvalue weighted by Gasteiger charge is 2.42. The van der Waals surface area contributed by atoms with E-state index in [-0.39, 0.29) is 5.41 Å². The predicted molar refractivity (Wildman–Crippen MR) is 81.5 cm³/mol. The van der Waals surface area contributed by atoms with Crippen LogP contribution < -0.4 is 5.32 Å². The molecule has 1 aromatic carbocycles.